The number of pyridine rings is 1. The van der Waals surface area contributed by atoms with Crippen molar-refractivity contribution in [2.45, 2.75) is 13.3 Å². The van der Waals surface area contributed by atoms with Crippen molar-refractivity contribution in [1.82, 2.24) is 4.98 Å². The Morgan fingerprint density at radius 3 is 3.00 bits per heavy atom. The molecule has 14 heavy (non-hydrogen) atoms. The van der Waals surface area contributed by atoms with Crippen LogP contribution in [0.2, 0.25) is 0 Å². The van der Waals surface area contributed by atoms with Gasteiger partial charge in [0.15, 0.2) is 0 Å². The highest BCUT2D eigenvalue weighted by Crippen LogP contribution is 2.26. The molecular formula is C11H13BrN2. The van der Waals surface area contributed by atoms with Crippen LogP contribution in [0.25, 0.3) is 0 Å². The van der Waals surface area contributed by atoms with E-state index in [1.165, 1.54) is 11.3 Å². The molecule has 0 saturated heterocycles. The van der Waals surface area contributed by atoms with E-state index in [9.17, 15) is 0 Å². The number of hydrogen-bond donors (Lipinski definition) is 0. The van der Waals surface area contributed by atoms with Gasteiger partial charge in [0, 0.05) is 25.5 Å². The van der Waals surface area contributed by atoms with Crippen LogP contribution >= 0.6 is 15.9 Å². The van der Waals surface area contributed by atoms with Crippen LogP contribution in [0.15, 0.2) is 34.6 Å². The predicted molar refractivity (Wildman–Crippen MR) is 62.5 cm³/mol. The summed E-state index contributed by atoms with van der Waals surface area (Å²) in [6, 6.07) is 2.05. The molecule has 0 bridgehead atoms. The van der Waals surface area contributed by atoms with Gasteiger partial charge in [0.1, 0.15) is 0 Å². The molecule has 2 heterocycles. The van der Waals surface area contributed by atoms with Gasteiger partial charge in [0.25, 0.3) is 0 Å². The number of halogens is 1. The first-order valence-electron chi connectivity index (χ1n) is 4.77. The molecule has 74 valence electrons. The molecule has 1 aromatic heterocycles. The maximum atomic E-state index is 4.07. The van der Waals surface area contributed by atoms with E-state index in [0.29, 0.717) is 0 Å². The van der Waals surface area contributed by atoms with E-state index in [1.807, 2.05) is 12.4 Å². The zero-order valence-electron chi connectivity index (χ0n) is 8.20. The Morgan fingerprint density at radius 1 is 1.50 bits per heavy atom. The van der Waals surface area contributed by atoms with Crippen molar-refractivity contribution in [1.29, 1.82) is 0 Å². The Bertz CT molecular complexity index is 360. The van der Waals surface area contributed by atoms with Gasteiger partial charge in [-0.15, -0.1) is 0 Å². The normalized spacial score (nSPS) is 16.7. The largest absolute Gasteiger partial charge is 0.366 e. The molecule has 0 unspecified atom stereocenters. The predicted octanol–water partition coefficient (Wildman–Crippen LogP) is 3.00. The number of nitrogens with zero attached hydrogens (tertiary/aromatic N) is 2. The Kier molecular flexibility index (Phi) is 2.87. The SMILES string of the molecule is CC1=CCN(c2ccncc2Br)CC1. The first kappa shape index (κ1) is 9.71. The van der Waals surface area contributed by atoms with Gasteiger partial charge >= 0.3 is 0 Å². The fourth-order valence-corrected chi connectivity index (χ4v) is 2.11. The molecular weight excluding hydrogens is 240 g/mol. The Balaban J connectivity index is 2.21. The van der Waals surface area contributed by atoms with Gasteiger partial charge in [-0.05, 0) is 35.3 Å². The maximum absolute atomic E-state index is 4.07. The zero-order valence-corrected chi connectivity index (χ0v) is 9.79. The molecule has 1 aliphatic rings. The molecule has 3 heteroatoms. The summed E-state index contributed by atoms with van der Waals surface area (Å²) in [6.45, 7) is 4.30. The molecule has 0 aromatic carbocycles. The first-order chi connectivity index (χ1) is 6.77. The van der Waals surface area contributed by atoms with E-state index in [4.69, 9.17) is 0 Å². The van der Waals surface area contributed by atoms with Crippen LogP contribution in [0.1, 0.15) is 13.3 Å². The lowest BCUT2D eigenvalue weighted by Crippen LogP contribution is -2.28. The van der Waals surface area contributed by atoms with Gasteiger partial charge in [-0.1, -0.05) is 11.6 Å². The van der Waals surface area contributed by atoms with Gasteiger partial charge in [0.2, 0.25) is 0 Å². The highest BCUT2D eigenvalue weighted by Gasteiger charge is 2.12. The quantitative estimate of drug-likeness (QED) is 0.715. The maximum Gasteiger partial charge on any atom is 0.0592 e. The van der Waals surface area contributed by atoms with Crippen LogP contribution in [0.3, 0.4) is 0 Å². The summed E-state index contributed by atoms with van der Waals surface area (Å²) in [5.74, 6) is 0. The summed E-state index contributed by atoms with van der Waals surface area (Å²) in [5, 5.41) is 0. The van der Waals surface area contributed by atoms with Crippen LogP contribution in [0.4, 0.5) is 5.69 Å². The average Bonchev–Trinajstić information content (AvgIpc) is 2.20. The fraction of sp³-hybridized carbons (Fsp3) is 0.364. The number of rotatable bonds is 1. The average molecular weight is 253 g/mol. The van der Waals surface area contributed by atoms with Crippen LogP contribution in [-0.2, 0) is 0 Å². The van der Waals surface area contributed by atoms with Gasteiger partial charge in [-0.2, -0.15) is 0 Å². The molecule has 0 saturated carbocycles. The second kappa shape index (κ2) is 4.13. The number of hydrogen-bond acceptors (Lipinski definition) is 2. The lowest BCUT2D eigenvalue weighted by molar-refractivity contribution is 0.785. The van der Waals surface area contributed by atoms with Gasteiger partial charge < -0.3 is 4.90 Å². The van der Waals surface area contributed by atoms with E-state index in [1.54, 1.807) is 0 Å². The number of aromatic nitrogens is 1. The van der Waals surface area contributed by atoms with E-state index in [-0.39, 0.29) is 0 Å². The summed E-state index contributed by atoms with van der Waals surface area (Å²) in [6.07, 6.45) is 7.14. The molecule has 0 N–H and O–H groups in total. The Morgan fingerprint density at radius 2 is 2.36 bits per heavy atom. The Hall–Kier alpha value is -0.830. The molecule has 0 radical (unpaired) electrons. The van der Waals surface area contributed by atoms with Gasteiger partial charge in [0.05, 0.1) is 10.2 Å². The minimum absolute atomic E-state index is 1.01. The molecule has 1 aromatic rings. The summed E-state index contributed by atoms with van der Waals surface area (Å²) in [5.41, 5.74) is 2.73. The molecule has 0 amide bonds. The minimum atomic E-state index is 1.01. The summed E-state index contributed by atoms with van der Waals surface area (Å²) in [4.78, 5) is 6.43. The molecule has 2 rings (SSSR count). The van der Waals surface area contributed by atoms with E-state index in [0.717, 1.165) is 24.0 Å². The molecule has 1 aliphatic heterocycles. The van der Waals surface area contributed by atoms with E-state index >= 15 is 0 Å². The second-order valence-electron chi connectivity index (χ2n) is 3.57. The van der Waals surface area contributed by atoms with Crippen molar-refractivity contribution in [3.63, 3.8) is 0 Å². The van der Waals surface area contributed by atoms with Crippen molar-refractivity contribution >= 4 is 21.6 Å². The highest BCUT2D eigenvalue weighted by atomic mass is 79.9. The third-order valence-electron chi connectivity index (χ3n) is 2.53. The topological polar surface area (TPSA) is 16.1 Å². The second-order valence-corrected chi connectivity index (χ2v) is 4.43. The highest BCUT2D eigenvalue weighted by molar-refractivity contribution is 9.10. The fourth-order valence-electron chi connectivity index (χ4n) is 1.61. The van der Waals surface area contributed by atoms with Crippen LogP contribution in [0.5, 0.6) is 0 Å². The summed E-state index contributed by atoms with van der Waals surface area (Å²) >= 11 is 3.52. The van der Waals surface area contributed by atoms with Crippen molar-refractivity contribution in [2.75, 3.05) is 18.0 Å². The molecule has 0 fully saturated rings. The summed E-state index contributed by atoms with van der Waals surface area (Å²) in [7, 11) is 0. The first-order valence-corrected chi connectivity index (χ1v) is 5.57. The van der Waals surface area contributed by atoms with Crippen molar-refractivity contribution < 1.29 is 0 Å². The molecule has 0 atom stereocenters. The zero-order chi connectivity index (χ0) is 9.97. The van der Waals surface area contributed by atoms with Crippen LogP contribution in [0, 0.1) is 0 Å². The van der Waals surface area contributed by atoms with Gasteiger partial charge in [-0.3, -0.25) is 4.98 Å². The van der Waals surface area contributed by atoms with Crippen LogP contribution in [-0.4, -0.2) is 18.1 Å². The van der Waals surface area contributed by atoms with Crippen molar-refractivity contribution in [2.24, 2.45) is 0 Å². The molecule has 0 spiro atoms. The van der Waals surface area contributed by atoms with E-state index < -0.39 is 0 Å². The standard InChI is InChI=1S/C11H13BrN2/c1-9-3-6-14(7-4-9)11-2-5-13-8-10(11)12/h2-3,5,8H,4,6-7H2,1H3. The van der Waals surface area contributed by atoms with Crippen molar-refractivity contribution in [3.05, 3.63) is 34.6 Å². The van der Waals surface area contributed by atoms with Gasteiger partial charge in [-0.25, -0.2) is 0 Å². The van der Waals surface area contributed by atoms with Crippen molar-refractivity contribution in [3.8, 4) is 0 Å². The third kappa shape index (κ3) is 1.98. The monoisotopic (exact) mass is 252 g/mol. The van der Waals surface area contributed by atoms with E-state index in [2.05, 4.69) is 44.9 Å². The summed E-state index contributed by atoms with van der Waals surface area (Å²) < 4.78 is 1.08. The molecule has 2 nitrogen and oxygen atoms in total. The minimum Gasteiger partial charge on any atom is -0.366 e. The lowest BCUT2D eigenvalue weighted by atomic mass is 10.1. The third-order valence-corrected chi connectivity index (χ3v) is 3.14. The molecule has 0 aliphatic carbocycles. The number of anilines is 1. The van der Waals surface area contributed by atoms with Crippen LogP contribution < -0.4 is 4.90 Å². The lowest BCUT2D eigenvalue weighted by Gasteiger charge is -2.28. The smallest absolute Gasteiger partial charge is 0.0592 e. The Labute approximate surface area is 92.8 Å².